The van der Waals surface area contributed by atoms with Crippen molar-refractivity contribution in [3.63, 3.8) is 0 Å². The van der Waals surface area contributed by atoms with Crippen LogP contribution in [0.3, 0.4) is 0 Å². The molecule has 1 aromatic heterocycles. The van der Waals surface area contributed by atoms with Gasteiger partial charge in [0.1, 0.15) is 0 Å². The summed E-state index contributed by atoms with van der Waals surface area (Å²) in [6.07, 6.45) is 7.60. The summed E-state index contributed by atoms with van der Waals surface area (Å²) in [5.41, 5.74) is 5.39. The van der Waals surface area contributed by atoms with Gasteiger partial charge in [-0.2, -0.15) is 0 Å². The molecule has 4 heteroatoms. The number of benzene rings is 2. The maximum Gasteiger partial charge on any atom is 0.260 e. The summed E-state index contributed by atoms with van der Waals surface area (Å²) in [6, 6.07) is 16.7. The van der Waals surface area contributed by atoms with E-state index in [0.717, 1.165) is 28.4 Å². The molecule has 156 valence electrons. The molecule has 1 aliphatic rings. The molecule has 0 spiro atoms. The first kappa shape index (κ1) is 20.8. The third-order valence-corrected chi connectivity index (χ3v) is 6.86. The molecule has 4 rings (SSSR count). The van der Waals surface area contributed by atoms with Gasteiger partial charge in [0.15, 0.2) is 5.13 Å². The van der Waals surface area contributed by atoms with Crippen LogP contribution in [0, 0.1) is 6.92 Å². The Morgan fingerprint density at radius 1 is 1.03 bits per heavy atom. The van der Waals surface area contributed by atoms with Crippen molar-refractivity contribution in [1.82, 2.24) is 4.98 Å². The highest BCUT2D eigenvalue weighted by Crippen LogP contribution is 2.34. The molecule has 3 aromatic rings. The Labute approximate surface area is 183 Å². The number of hydrogen-bond donors (Lipinski definition) is 0. The Morgan fingerprint density at radius 3 is 2.40 bits per heavy atom. The average Bonchev–Trinajstić information content (AvgIpc) is 3.28. The zero-order valence-electron chi connectivity index (χ0n) is 17.9. The second-order valence-electron chi connectivity index (χ2n) is 8.30. The molecule has 1 aliphatic carbocycles. The number of carbonyl (C=O) groups is 1. The van der Waals surface area contributed by atoms with Crippen LogP contribution in [0.15, 0.2) is 53.9 Å². The first-order chi connectivity index (χ1) is 14.7. The van der Waals surface area contributed by atoms with Gasteiger partial charge in [0.05, 0.1) is 5.69 Å². The molecule has 0 aliphatic heterocycles. The molecule has 1 heterocycles. The fraction of sp³-hybridized carbons (Fsp3) is 0.385. The molecule has 0 atom stereocenters. The van der Waals surface area contributed by atoms with Gasteiger partial charge in [-0.3, -0.25) is 9.69 Å². The fourth-order valence-electron chi connectivity index (χ4n) is 4.24. The van der Waals surface area contributed by atoms with Crippen LogP contribution in [-0.4, -0.2) is 17.4 Å². The standard InChI is InChI=1S/C26H30N2OS/c1-3-17-28(25(29)23-11-9-19(2)10-12-23)26-27-24(18-30-26)22-15-13-21(14-16-22)20-7-5-4-6-8-20/h9-16,18,20H,3-8,17H2,1-2H3. The molecule has 1 amide bonds. The molecule has 1 fully saturated rings. The highest BCUT2D eigenvalue weighted by Gasteiger charge is 2.21. The Bertz CT molecular complexity index is 969. The topological polar surface area (TPSA) is 33.2 Å². The van der Waals surface area contributed by atoms with Crippen LogP contribution in [0.4, 0.5) is 5.13 Å². The maximum absolute atomic E-state index is 13.1. The molecule has 3 nitrogen and oxygen atoms in total. The van der Waals surface area contributed by atoms with Crippen LogP contribution < -0.4 is 4.90 Å². The van der Waals surface area contributed by atoms with Crippen molar-refractivity contribution in [3.8, 4) is 11.3 Å². The monoisotopic (exact) mass is 418 g/mol. The number of aromatic nitrogens is 1. The maximum atomic E-state index is 13.1. The van der Waals surface area contributed by atoms with Crippen molar-refractivity contribution in [2.75, 3.05) is 11.4 Å². The van der Waals surface area contributed by atoms with Crippen molar-refractivity contribution < 1.29 is 4.79 Å². The highest BCUT2D eigenvalue weighted by molar-refractivity contribution is 7.14. The van der Waals surface area contributed by atoms with Gasteiger partial charge >= 0.3 is 0 Å². The first-order valence-electron chi connectivity index (χ1n) is 11.1. The Balaban J connectivity index is 1.53. The van der Waals surface area contributed by atoms with E-state index < -0.39 is 0 Å². The average molecular weight is 419 g/mol. The van der Waals surface area contributed by atoms with Gasteiger partial charge in [0.2, 0.25) is 0 Å². The molecule has 1 saturated carbocycles. The zero-order valence-corrected chi connectivity index (χ0v) is 18.8. The lowest BCUT2D eigenvalue weighted by Gasteiger charge is -2.22. The second-order valence-corrected chi connectivity index (χ2v) is 9.13. The van der Waals surface area contributed by atoms with Gasteiger partial charge < -0.3 is 0 Å². The van der Waals surface area contributed by atoms with E-state index in [0.29, 0.717) is 18.0 Å². The van der Waals surface area contributed by atoms with Gasteiger partial charge in [-0.1, -0.05) is 68.1 Å². The van der Waals surface area contributed by atoms with Gasteiger partial charge in [0, 0.05) is 23.1 Å². The third kappa shape index (κ3) is 4.65. The van der Waals surface area contributed by atoms with Crippen LogP contribution in [0.5, 0.6) is 0 Å². The number of thiazole rings is 1. The quantitative estimate of drug-likeness (QED) is 0.423. The molecule has 30 heavy (non-hydrogen) atoms. The third-order valence-electron chi connectivity index (χ3n) is 6.00. The fourth-order valence-corrected chi connectivity index (χ4v) is 5.10. The van der Waals surface area contributed by atoms with Crippen molar-refractivity contribution in [2.24, 2.45) is 0 Å². The van der Waals surface area contributed by atoms with Crippen LogP contribution in [0.25, 0.3) is 11.3 Å². The van der Waals surface area contributed by atoms with E-state index in [9.17, 15) is 4.79 Å². The molecule has 0 saturated heterocycles. The zero-order chi connectivity index (χ0) is 20.9. The minimum Gasteiger partial charge on any atom is -0.284 e. The predicted molar refractivity (Wildman–Crippen MR) is 127 cm³/mol. The highest BCUT2D eigenvalue weighted by atomic mass is 32.1. The van der Waals surface area contributed by atoms with Crippen molar-refractivity contribution in [2.45, 2.75) is 58.3 Å². The Morgan fingerprint density at radius 2 is 1.73 bits per heavy atom. The van der Waals surface area contributed by atoms with Gasteiger partial charge in [-0.05, 0) is 49.8 Å². The summed E-state index contributed by atoms with van der Waals surface area (Å²) in [5, 5.41) is 2.84. The first-order valence-corrected chi connectivity index (χ1v) is 12.0. The Kier molecular flexibility index (Phi) is 6.63. The SMILES string of the molecule is CCCN(C(=O)c1ccc(C)cc1)c1nc(-c2ccc(C3CCCCC3)cc2)cs1. The molecule has 0 bridgehead atoms. The van der Waals surface area contributed by atoms with E-state index in [1.165, 1.54) is 37.7 Å². The summed E-state index contributed by atoms with van der Waals surface area (Å²) in [5.74, 6) is 0.733. The van der Waals surface area contributed by atoms with Gasteiger partial charge in [-0.25, -0.2) is 4.98 Å². The minimum atomic E-state index is 0.0189. The summed E-state index contributed by atoms with van der Waals surface area (Å²) < 4.78 is 0. The van der Waals surface area contributed by atoms with E-state index in [-0.39, 0.29) is 5.91 Å². The van der Waals surface area contributed by atoms with Crippen LogP contribution >= 0.6 is 11.3 Å². The van der Waals surface area contributed by atoms with Crippen molar-refractivity contribution >= 4 is 22.4 Å². The molecular weight excluding hydrogens is 388 g/mol. The molecule has 0 N–H and O–H groups in total. The molecule has 0 unspecified atom stereocenters. The van der Waals surface area contributed by atoms with Gasteiger partial charge in [0.25, 0.3) is 5.91 Å². The predicted octanol–water partition coefficient (Wildman–Crippen LogP) is 7.22. The largest absolute Gasteiger partial charge is 0.284 e. The summed E-state index contributed by atoms with van der Waals surface area (Å²) in [7, 11) is 0. The minimum absolute atomic E-state index is 0.0189. The summed E-state index contributed by atoms with van der Waals surface area (Å²) in [6.45, 7) is 4.79. The lowest BCUT2D eigenvalue weighted by Crippen LogP contribution is -2.31. The number of carbonyl (C=O) groups excluding carboxylic acids is 1. The van der Waals surface area contributed by atoms with E-state index in [4.69, 9.17) is 4.98 Å². The lowest BCUT2D eigenvalue weighted by molar-refractivity contribution is 0.0987. The van der Waals surface area contributed by atoms with Crippen LogP contribution in [0.2, 0.25) is 0 Å². The van der Waals surface area contributed by atoms with E-state index >= 15 is 0 Å². The van der Waals surface area contributed by atoms with E-state index in [2.05, 4.69) is 36.6 Å². The van der Waals surface area contributed by atoms with E-state index in [1.54, 1.807) is 11.3 Å². The number of nitrogens with zero attached hydrogens (tertiary/aromatic N) is 2. The van der Waals surface area contributed by atoms with E-state index in [1.807, 2.05) is 36.1 Å². The van der Waals surface area contributed by atoms with Crippen molar-refractivity contribution in [1.29, 1.82) is 0 Å². The van der Waals surface area contributed by atoms with Crippen molar-refractivity contribution in [3.05, 3.63) is 70.6 Å². The number of aryl methyl sites for hydroxylation is 1. The lowest BCUT2D eigenvalue weighted by atomic mass is 9.84. The van der Waals surface area contributed by atoms with Crippen LogP contribution in [-0.2, 0) is 0 Å². The normalized spacial score (nSPS) is 14.6. The molecule has 2 aromatic carbocycles. The van der Waals surface area contributed by atoms with Gasteiger partial charge in [-0.15, -0.1) is 11.3 Å². The summed E-state index contributed by atoms with van der Waals surface area (Å²) >= 11 is 1.54. The second kappa shape index (κ2) is 9.57. The number of hydrogen-bond acceptors (Lipinski definition) is 3. The Hall–Kier alpha value is -2.46. The number of amides is 1. The summed E-state index contributed by atoms with van der Waals surface area (Å²) in [4.78, 5) is 19.7. The molecule has 0 radical (unpaired) electrons. The molecular formula is C26H30N2OS. The number of anilines is 1. The smallest absolute Gasteiger partial charge is 0.260 e. The number of rotatable bonds is 6. The van der Waals surface area contributed by atoms with Crippen LogP contribution in [0.1, 0.15) is 72.9 Å².